The third-order valence-corrected chi connectivity index (χ3v) is 4.84. The lowest BCUT2D eigenvalue weighted by atomic mass is 9.98. The lowest BCUT2D eigenvalue weighted by Crippen LogP contribution is -2.33. The lowest BCUT2D eigenvalue weighted by Gasteiger charge is -2.24. The topological polar surface area (TPSA) is 27.3 Å². The summed E-state index contributed by atoms with van der Waals surface area (Å²) < 4.78 is 0. The van der Waals surface area contributed by atoms with E-state index in [1.807, 2.05) is 0 Å². The highest BCUT2D eigenvalue weighted by Gasteiger charge is 2.19. The van der Waals surface area contributed by atoms with Gasteiger partial charge in [-0.15, -0.1) is 0 Å². The van der Waals surface area contributed by atoms with Crippen molar-refractivity contribution in [1.82, 2.24) is 15.5 Å². The second-order valence-corrected chi connectivity index (χ2v) is 6.74. The van der Waals surface area contributed by atoms with Gasteiger partial charge < -0.3 is 15.5 Å². The fourth-order valence-corrected chi connectivity index (χ4v) is 3.69. The summed E-state index contributed by atoms with van der Waals surface area (Å²) in [6, 6.07) is 9.39. The largest absolute Gasteiger partial charge is 0.313 e. The van der Waals surface area contributed by atoms with Crippen LogP contribution < -0.4 is 10.6 Å². The van der Waals surface area contributed by atoms with Gasteiger partial charge in [0, 0.05) is 19.1 Å². The van der Waals surface area contributed by atoms with E-state index in [0.29, 0.717) is 6.04 Å². The molecule has 0 radical (unpaired) electrons. The summed E-state index contributed by atoms with van der Waals surface area (Å²) in [5.74, 6) is 0.728. The predicted molar refractivity (Wildman–Crippen MR) is 88.3 cm³/mol. The molecule has 1 aromatic carbocycles. The van der Waals surface area contributed by atoms with Crippen molar-refractivity contribution in [1.29, 1.82) is 0 Å². The number of benzene rings is 1. The molecule has 3 rings (SSSR count). The van der Waals surface area contributed by atoms with Gasteiger partial charge in [0.1, 0.15) is 0 Å². The first kappa shape index (κ1) is 15.0. The molecule has 2 aliphatic rings. The van der Waals surface area contributed by atoms with Crippen molar-refractivity contribution in [2.75, 3.05) is 32.7 Å². The van der Waals surface area contributed by atoms with Crippen LogP contribution in [0.25, 0.3) is 0 Å². The fraction of sp³-hybridized carbons (Fsp3) is 0.667. The summed E-state index contributed by atoms with van der Waals surface area (Å²) in [7, 11) is 0. The number of rotatable bonds is 5. The van der Waals surface area contributed by atoms with Crippen molar-refractivity contribution < 1.29 is 0 Å². The van der Waals surface area contributed by atoms with Crippen LogP contribution in [0.1, 0.15) is 43.4 Å². The monoisotopic (exact) mass is 287 g/mol. The van der Waals surface area contributed by atoms with Crippen LogP contribution in [0.15, 0.2) is 24.3 Å². The summed E-state index contributed by atoms with van der Waals surface area (Å²) in [5.41, 5.74) is 2.95. The summed E-state index contributed by atoms with van der Waals surface area (Å²) in [6.07, 6.45) is 3.97. The molecule has 1 fully saturated rings. The van der Waals surface area contributed by atoms with Gasteiger partial charge in [-0.25, -0.2) is 0 Å². The molecular weight excluding hydrogens is 258 g/mol. The average molecular weight is 287 g/mol. The third kappa shape index (κ3) is 4.06. The van der Waals surface area contributed by atoms with Gasteiger partial charge in [-0.3, -0.25) is 0 Å². The van der Waals surface area contributed by atoms with Crippen LogP contribution >= 0.6 is 0 Å². The number of nitrogens with one attached hydrogen (secondary N) is 2. The quantitative estimate of drug-likeness (QED) is 0.871. The van der Waals surface area contributed by atoms with Crippen molar-refractivity contribution in [2.24, 2.45) is 5.92 Å². The molecule has 0 saturated carbocycles. The molecule has 1 aromatic rings. The van der Waals surface area contributed by atoms with Gasteiger partial charge in [0.15, 0.2) is 0 Å². The zero-order valence-corrected chi connectivity index (χ0v) is 13.3. The molecule has 116 valence electrons. The summed E-state index contributed by atoms with van der Waals surface area (Å²) in [6.45, 7) is 9.48. The number of hydrogen-bond donors (Lipinski definition) is 2. The van der Waals surface area contributed by atoms with E-state index in [-0.39, 0.29) is 0 Å². The van der Waals surface area contributed by atoms with E-state index in [1.54, 1.807) is 0 Å². The van der Waals surface area contributed by atoms with Crippen molar-refractivity contribution in [2.45, 2.75) is 38.8 Å². The van der Waals surface area contributed by atoms with Crippen molar-refractivity contribution in [3.8, 4) is 0 Å². The number of likely N-dealkylation sites (tertiary alicyclic amines) is 1. The lowest BCUT2D eigenvalue weighted by molar-refractivity contribution is 0.277. The smallest absolute Gasteiger partial charge is 0.0335 e. The molecule has 1 saturated heterocycles. The van der Waals surface area contributed by atoms with Gasteiger partial charge in [0.2, 0.25) is 0 Å². The number of fused-ring (bicyclic) bond motifs is 1. The molecule has 0 aliphatic carbocycles. The Bertz CT molecular complexity index is 440. The Morgan fingerprint density at radius 2 is 2.10 bits per heavy atom. The van der Waals surface area contributed by atoms with Crippen molar-refractivity contribution >= 4 is 0 Å². The van der Waals surface area contributed by atoms with Crippen LogP contribution in [-0.4, -0.2) is 37.6 Å². The number of hydrogen-bond acceptors (Lipinski definition) is 3. The Labute approximate surface area is 129 Å². The SMILES string of the molecule is CC(CNC1CCNCc2ccccc21)CN1CCCC1. The Morgan fingerprint density at radius 1 is 1.29 bits per heavy atom. The standard InChI is InChI=1S/C18H29N3/c1-15(14-21-10-4-5-11-21)12-20-18-8-9-19-13-16-6-2-3-7-17(16)18/h2-3,6-7,15,18-20H,4-5,8-14H2,1H3. The molecule has 3 nitrogen and oxygen atoms in total. The van der Waals surface area contributed by atoms with E-state index in [9.17, 15) is 0 Å². The first-order chi connectivity index (χ1) is 10.3. The third-order valence-electron chi connectivity index (χ3n) is 4.84. The van der Waals surface area contributed by atoms with Gasteiger partial charge in [0.05, 0.1) is 0 Å². The first-order valence-electron chi connectivity index (χ1n) is 8.57. The molecule has 2 unspecified atom stereocenters. The van der Waals surface area contributed by atoms with Gasteiger partial charge in [0.25, 0.3) is 0 Å². The Morgan fingerprint density at radius 3 is 2.95 bits per heavy atom. The van der Waals surface area contributed by atoms with Crippen LogP contribution in [0.3, 0.4) is 0 Å². The van der Waals surface area contributed by atoms with Gasteiger partial charge in [-0.2, -0.15) is 0 Å². The van der Waals surface area contributed by atoms with Crippen LogP contribution in [0.4, 0.5) is 0 Å². The maximum atomic E-state index is 3.82. The van der Waals surface area contributed by atoms with Gasteiger partial charge >= 0.3 is 0 Å². The van der Waals surface area contributed by atoms with E-state index >= 15 is 0 Å². The second-order valence-electron chi connectivity index (χ2n) is 6.74. The maximum absolute atomic E-state index is 3.82. The fourth-order valence-electron chi connectivity index (χ4n) is 3.69. The maximum Gasteiger partial charge on any atom is 0.0335 e. The van der Waals surface area contributed by atoms with Gasteiger partial charge in [-0.1, -0.05) is 31.2 Å². The minimum absolute atomic E-state index is 0.511. The number of nitrogens with zero attached hydrogens (tertiary/aromatic N) is 1. The van der Waals surface area contributed by atoms with E-state index in [1.165, 1.54) is 50.0 Å². The van der Waals surface area contributed by atoms with Gasteiger partial charge in [-0.05, 0) is 62.5 Å². The Kier molecular flexibility index (Phi) is 5.28. The highest BCUT2D eigenvalue weighted by atomic mass is 15.1. The zero-order valence-electron chi connectivity index (χ0n) is 13.3. The highest BCUT2D eigenvalue weighted by molar-refractivity contribution is 5.30. The highest BCUT2D eigenvalue weighted by Crippen LogP contribution is 2.23. The van der Waals surface area contributed by atoms with E-state index in [2.05, 4.69) is 46.7 Å². The molecule has 2 aliphatic heterocycles. The van der Waals surface area contributed by atoms with Crippen LogP contribution in [0, 0.1) is 5.92 Å². The summed E-state index contributed by atoms with van der Waals surface area (Å²) in [4.78, 5) is 2.62. The molecule has 0 spiro atoms. The normalized spacial score (nSPS) is 24.5. The summed E-state index contributed by atoms with van der Waals surface area (Å²) in [5, 5.41) is 7.36. The van der Waals surface area contributed by atoms with Crippen LogP contribution in [0.2, 0.25) is 0 Å². The van der Waals surface area contributed by atoms with Crippen LogP contribution in [0.5, 0.6) is 0 Å². The molecular formula is C18H29N3. The molecule has 3 heteroatoms. The Balaban J connectivity index is 1.54. The summed E-state index contributed by atoms with van der Waals surface area (Å²) >= 11 is 0. The van der Waals surface area contributed by atoms with E-state index in [0.717, 1.165) is 25.6 Å². The molecule has 2 heterocycles. The molecule has 0 amide bonds. The molecule has 21 heavy (non-hydrogen) atoms. The van der Waals surface area contributed by atoms with E-state index < -0.39 is 0 Å². The predicted octanol–water partition coefficient (Wildman–Crippen LogP) is 2.54. The van der Waals surface area contributed by atoms with E-state index in [4.69, 9.17) is 0 Å². The minimum atomic E-state index is 0.511. The first-order valence-corrected chi connectivity index (χ1v) is 8.57. The molecule has 2 atom stereocenters. The minimum Gasteiger partial charge on any atom is -0.313 e. The van der Waals surface area contributed by atoms with Crippen LogP contribution in [-0.2, 0) is 6.54 Å². The molecule has 0 bridgehead atoms. The second kappa shape index (κ2) is 7.39. The van der Waals surface area contributed by atoms with Crippen molar-refractivity contribution in [3.05, 3.63) is 35.4 Å². The van der Waals surface area contributed by atoms with Crippen molar-refractivity contribution in [3.63, 3.8) is 0 Å². The average Bonchev–Trinajstić information content (AvgIpc) is 2.91. The molecule has 2 N–H and O–H groups in total. The Hall–Kier alpha value is -0.900. The molecule has 0 aromatic heterocycles. The zero-order chi connectivity index (χ0) is 14.5.